The number of nitrogens with zero attached hydrogens (tertiary/aromatic N) is 2. The lowest BCUT2D eigenvalue weighted by atomic mass is 10.1. The van der Waals surface area contributed by atoms with Crippen LogP contribution in [-0.2, 0) is 11.3 Å². The standard InChI is InChI=1S/C15H19N3O/c1-2-4-15(5-3-1)18-9-7-14(17-18)12-19-11-13-6-8-16-10-13/h1-5,7,9,13,16H,6,8,10-12H2. The van der Waals surface area contributed by atoms with E-state index in [9.17, 15) is 0 Å². The molecule has 1 saturated heterocycles. The number of para-hydroxylation sites is 1. The molecule has 1 fully saturated rings. The summed E-state index contributed by atoms with van der Waals surface area (Å²) in [4.78, 5) is 0. The maximum Gasteiger partial charge on any atom is 0.0906 e. The molecule has 1 aliphatic rings. The van der Waals surface area contributed by atoms with Gasteiger partial charge in [0.05, 0.1) is 24.6 Å². The Hall–Kier alpha value is -1.65. The van der Waals surface area contributed by atoms with Gasteiger partial charge in [-0.1, -0.05) is 18.2 Å². The molecule has 1 aromatic heterocycles. The number of ether oxygens (including phenoxy) is 1. The minimum Gasteiger partial charge on any atom is -0.375 e. The second-order valence-corrected chi connectivity index (χ2v) is 4.96. The molecule has 1 aliphatic heterocycles. The van der Waals surface area contributed by atoms with Gasteiger partial charge >= 0.3 is 0 Å². The molecule has 1 atom stereocenters. The van der Waals surface area contributed by atoms with E-state index in [0.29, 0.717) is 12.5 Å². The lowest BCUT2D eigenvalue weighted by Crippen LogP contribution is -2.13. The van der Waals surface area contributed by atoms with Gasteiger partial charge in [0.15, 0.2) is 0 Å². The van der Waals surface area contributed by atoms with Crippen molar-refractivity contribution >= 4 is 0 Å². The first-order valence-corrected chi connectivity index (χ1v) is 6.80. The van der Waals surface area contributed by atoms with E-state index in [-0.39, 0.29) is 0 Å². The van der Waals surface area contributed by atoms with Crippen LogP contribution in [0, 0.1) is 5.92 Å². The average Bonchev–Trinajstić information content (AvgIpc) is 3.11. The van der Waals surface area contributed by atoms with Crippen molar-refractivity contribution in [2.75, 3.05) is 19.7 Å². The largest absolute Gasteiger partial charge is 0.375 e. The summed E-state index contributed by atoms with van der Waals surface area (Å²) < 4.78 is 7.62. The van der Waals surface area contributed by atoms with Gasteiger partial charge in [-0.15, -0.1) is 0 Å². The Labute approximate surface area is 113 Å². The third-order valence-corrected chi connectivity index (χ3v) is 3.43. The van der Waals surface area contributed by atoms with Gasteiger partial charge in [-0.25, -0.2) is 4.68 Å². The van der Waals surface area contributed by atoms with Gasteiger partial charge in [-0.2, -0.15) is 5.10 Å². The molecule has 19 heavy (non-hydrogen) atoms. The maximum atomic E-state index is 5.74. The molecular formula is C15H19N3O. The molecular weight excluding hydrogens is 238 g/mol. The van der Waals surface area contributed by atoms with Crippen LogP contribution in [-0.4, -0.2) is 29.5 Å². The summed E-state index contributed by atoms with van der Waals surface area (Å²) in [6, 6.07) is 12.1. The first-order chi connectivity index (χ1) is 9.42. The van der Waals surface area contributed by atoms with Crippen LogP contribution in [0.2, 0.25) is 0 Å². The van der Waals surface area contributed by atoms with Crippen molar-refractivity contribution in [2.45, 2.75) is 13.0 Å². The van der Waals surface area contributed by atoms with Crippen molar-refractivity contribution in [3.8, 4) is 5.69 Å². The molecule has 0 saturated carbocycles. The highest BCUT2D eigenvalue weighted by Crippen LogP contribution is 2.10. The molecule has 0 amide bonds. The van der Waals surface area contributed by atoms with Crippen LogP contribution < -0.4 is 5.32 Å². The topological polar surface area (TPSA) is 39.1 Å². The van der Waals surface area contributed by atoms with Crippen molar-refractivity contribution < 1.29 is 4.74 Å². The predicted octanol–water partition coefficient (Wildman–Crippen LogP) is 2.00. The Morgan fingerprint density at radius 2 is 2.16 bits per heavy atom. The number of hydrogen-bond donors (Lipinski definition) is 1. The number of nitrogens with one attached hydrogen (secondary N) is 1. The van der Waals surface area contributed by atoms with Crippen LogP contribution in [0.1, 0.15) is 12.1 Å². The van der Waals surface area contributed by atoms with E-state index in [2.05, 4.69) is 10.4 Å². The van der Waals surface area contributed by atoms with Gasteiger partial charge in [0.25, 0.3) is 0 Å². The van der Waals surface area contributed by atoms with Crippen LogP contribution in [0.4, 0.5) is 0 Å². The van der Waals surface area contributed by atoms with Crippen molar-refractivity contribution in [1.29, 1.82) is 0 Å². The summed E-state index contributed by atoms with van der Waals surface area (Å²) in [5, 5.41) is 7.87. The maximum absolute atomic E-state index is 5.74. The van der Waals surface area contributed by atoms with E-state index in [0.717, 1.165) is 31.1 Å². The van der Waals surface area contributed by atoms with Crippen LogP contribution in [0.3, 0.4) is 0 Å². The second kappa shape index (κ2) is 5.99. The summed E-state index contributed by atoms with van der Waals surface area (Å²) in [5.74, 6) is 0.663. The van der Waals surface area contributed by atoms with Gasteiger partial charge in [0, 0.05) is 12.7 Å². The molecule has 0 spiro atoms. The van der Waals surface area contributed by atoms with Crippen LogP contribution in [0.15, 0.2) is 42.6 Å². The van der Waals surface area contributed by atoms with Crippen molar-refractivity contribution in [1.82, 2.24) is 15.1 Å². The highest BCUT2D eigenvalue weighted by Gasteiger charge is 2.14. The van der Waals surface area contributed by atoms with E-state index in [1.165, 1.54) is 6.42 Å². The van der Waals surface area contributed by atoms with E-state index >= 15 is 0 Å². The molecule has 0 aliphatic carbocycles. The number of benzene rings is 1. The molecule has 4 heteroatoms. The second-order valence-electron chi connectivity index (χ2n) is 4.96. The first kappa shape index (κ1) is 12.4. The summed E-state index contributed by atoms with van der Waals surface area (Å²) in [6.45, 7) is 3.62. The molecule has 1 aromatic carbocycles. The molecule has 0 radical (unpaired) electrons. The predicted molar refractivity (Wildman–Crippen MR) is 74.2 cm³/mol. The molecule has 4 nitrogen and oxygen atoms in total. The smallest absolute Gasteiger partial charge is 0.0906 e. The minimum absolute atomic E-state index is 0.594. The van der Waals surface area contributed by atoms with Gasteiger partial charge in [-0.3, -0.25) is 0 Å². The Balaban J connectivity index is 1.53. The minimum atomic E-state index is 0.594. The highest BCUT2D eigenvalue weighted by molar-refractivity contribution is 5.30. The molecule has 100 valence electrons. The number of rotatable bonds is 5. The van der Waals surface area contributed by atoms with Gasteiger partial charge < -0.3 is 10.1 Å². The SMILES string of the molecule is c1ccc(-n2ccc(COCC3CCNC3)n2)cc1. The van der Waals surface area contributed by atoms with E-state index in [1.807, 2.05) is 47.3 Å². The number of hydrogen-bond acceptors (Lipinski definition) is 3. The molecule has 2 aromatic rings. The first-order valence-electron chi connectivity index (χ1n) is 6.80. The van der Waals surface area contributed by atoms with Crippen molar-refractivity contribution in [2.24, 2.45) is 5.92 Å². The van der Waals surface area contributed by atoms with Crippen molar-refractivity contribution in [3.05, 3.63) is 48.3 Å². The van der Waals surface area contributed by atoms with E-state index < -0.39 is 0 Å². The molecule has 3 rings (SSSR count). The summed E-state index contributed by atoms with van der Waals surface area (Å²) in [7, 11) is 0. The normalized spacial score (nSPS) is 18.8. The van der Waals surface area contributed by atoms with E-state index in [1.54, 1.807) is 0 Å². The van der Waals surface area contributed by atoms with Crippen LogP contribution >= 0.6 is 0 Å². The van der Waals surface area contributed by atoms with Gasteiger partial charge in [-0.05, 0) is 37.1 Å². The molecule has 1 unspecified atom stereocenters. The van der Waals surface area contributed by atoms with Crippen LogP contribution in [0.25, 0.3) is 5.69 Å². The lowest BCUT2D eigenvalue weighted by Gasteiger charge is -2.07. The fraction of sp³-hybridized carbons (Fsp3) is 0.400. The van der Waals surface area contributed by atoms with Crippen LogP contribution in [0.5, 0.6) is 0 Å². The zero-order chi connectivity index (χ0) is 12.9. The highest BCUT2D eigenvalue weighted by atomic mass is 16.5. The zero-order valence-electron chi connectivity index (χ0n) is 11.0. The Morgan fingerprint density at radius 3 is 2.95 bits per heavy atom. The monoisotopic (exact) mass is 257 g/mol. The third-order valence-electron chi connectivity index (χ3n) is 3.43. The Morgan fingerprint density at radius 1 is 1.26 bits per heavy atom. The quantitative estimate of drug-likeness (QED) is 0.890. The van der Waals surface area contributed by atoms with Gasteiger partial charge in [0.2, 0.25) is 0 Å². The Bertz CT molecular complexity index is 503. The van der Waals surface area contributed by atoms with E-state index in [4.69, 9.17) is 4.74 Å². The van der Waals surface area contributed by atoms with Gasteiger partial charge in [0.1, 0.15) is 0 Å². The van der Waals surface area contributed by atoms with Crippen molar-refractivity contribution in [3.63, 3.8) is 0 Å². The molecule has 2 heterocycles. The summed E-state index contributed by atoms with van der Waals surface area (Å²) >= 11 is 0. The Kier molecular flexibility index (Phi) is 3.91. The zero-order valence-corrected chi connectivity index (χ0v) is 11.0. The molecule has 1 N–H and O–H groups in total. The third kappa shape index (κ3) is 3.22. The summed E-state index contributed by atoms with van der Waals surface area (Å²) in [6.07, 6.45) is 3.20. The number of aromatic nitrogens is 2. The average molecular weight is 257 g/mol. The summed E-state index contributed by atoms with van der Waals surface area (Å²) in [5.41, 5.74) is 2.06. The molecule has 0 bridgehead atoms. The fourth-order valence-corrected chi connectivity index (χ4v) is 2.35. The lowest BCUT2D eigenvalue weighted by molar-refractivity contribution is 0.0901. The fourth-order valence-electron chi connectivity index (χ4n) is 2.35.